The molecule has 0 radical (unpaired) electrons. The van der Waals surface area contributed by atoms with Crippen LogP contribution in [-0.2, 0) is 4.74 Å². The highest BCUT2D eigenvalue weighted by molar-refractivity contribution is 5.94. The molecule has 23 heavy (non-hydrogen) atoms. The fourth-order valence-electron chi connectivity index (χ4n) is 1.96. The van der Waals surface area contributed by atoms with Gasteiger partial charge in [-0.2, -0.15) is 0 Å². The molecular weight excluding hydrogens is 316 g/mol. The van der Waals surface area contributed by atoms with Crippen molar-refractivity contribution in [3.8, 4) is 5.75 Å². The van der Waals surface area contributed by atoms with Crippen molar-refractivity contribution < 1.29 is 14.3 Å². The Kier molecular flexibility index (Phi) is 10.6. The van der Waals surface area contributed by atoms with E-state index in [1.165, 1.54) is 0 Å². The predicted octanol–water partition coefficient (Wildman–Crippen LogP) is 2.58. The molecule has 1 unspecified atom stereocenters. The fourth-order valence-corrected chi connectivity index (χ4v) is 1.96. The van der Waals surface area contributed by atoms with Gasteiger partial charge in [-0.15, -0.1) is 12.4 Å². The van der Waals surface area contributed by atoms with Crippen LogP contribution in [0.1, 0.15) is 30.6 Å². The molecule has 0 fully saturated rings. The molecule has 0 aliphatic rings. The maximum Gasteiger partial charge on any atom is 0.253 e. The van der Waals surface area contributed by atoms with E-state index >= 15 is 0 Å². The average Bonchev–Trinajstić information content (AvgIpc) is 2.52. The molecule has 2 N–H and O–H groups in total. The Morgan fingerprint density at radius 1 is 1.30 bits per heavy atom. The van der Waals surface area contributed by atoms with Gasteiger partial charge in [-0.05, 0) is 30.5 Å². The Hall–Kier alpha value is -1.30. The summed E-state index contributed by atoms with van der Waals surface area (Å²) in [4.78, 5) is 14.1. The Bertz CT molecular complexity index is 469. The van der Waals surface area contributed by atoms with E-state index in [1.54, 1.807) is 31.2 Å². The summed E-state index contributed by atoms with van der Waals surface area (Å²) in [6, 6.07) is 7.32. The lowest BCUT2D eigenvalue weighted by molar-refractivity contribution is 0.0788. The monoisotopic (exact) mass is 344 g/mol. The van der Waals surface area contributed by atoms with Crippen LogP contribution in [-0.4, -0.2) is 50.8 Å². The Morgan fingerprint density at radius 2 is 2.00 bits per heavy atom. The Morgan fingerprint density at radius 3 is 2.61 bits per heavy atom. The molecule has 1 aromatic carbocycles. The third kappa shape index (κ3) is 7.68. The third-order valence-corrected chi connectivity index (χ3v) is 3.64. The van der Waals surface area contributed by atoms with Crippen molar-refractivity contribution in [1.82, 2.24) is 4.90 Å². The molecule has 5 nitrogen and oxygen atoms in total. The molecule has 0 saturated carbocycles. The van der Waals surface area contributed by atoms with Gasteiger partial charge in [0.1, 0.15) is 12.4 Å². The van der Waals surface area contributed by atoms with Crippen LogP contribution in [0, 0.1) is 5.92 Å². The van der Waals surface area contributed by atoms with Gasteiger partial charge in [0.25, 0.3) is 5.91 Å². The second-order valence-corrected chi connectivity index (χ2v) is 5.79. The minimum absolute atomic E-state index is 0. The summed E-state index contributed by atoms with van der Waals surface area (Å²) >= 11 is 0. The number of methoxy groups -OCH3 is 1. The minimum atomic E-state index is -0.0202. The molecule has 1 rings (SSSR count). The Labute approximate surface area is 145 Å². The van der Waals surface area contributed by atoms with Gasteiger partial charge in [-0.1, -0.05) is 19.9 Å². The van der Waals surface area contributed by atoms with E-state index in [1.807, 2.05) is 12.1 Å². The summed E-state index contributed by atoms with van der Waals surface area (Å²) in [6.07, 6.45) is 0.796. The maximum atomic E-state index is 12.4. The largest absolute Gasteiger partial charge is 0.491 e. The number of hydrogen-bond donors (Lipinski definition) is 1. The van der Waals surface area contributed by atoms with E-state index in [-0.39, 0.29) is 24.4 Å². The van der Waals surface area contributed by atoms with Crippen molar-refractivity contribution in [2.24, 2.45) is 11.7 Å². The van der Waals surface area contributed by atoms with Crippen molar-refractivity contribution in [1.29, 1.82) is 0 Å². The lowest BCUT2D eigenvalue weighted by Gasteiger charge is -2.21. The zero-order valence-corrected chi connectivity index (χ0v) is 15.3. The van der Waals surface area contributed by atoms with Gasteiger partial charge in [-0.3, -0.25) is 4.79 Å². The van der Waals surface area contributed by atoms with Crippen LogP contribution in [0.25, 0.3) is 0 Å². The zero-order chi connectivity index (χ0) is 16.5. The fraction of sp³-hybridized carbons (Fsp3) is 0.588. The lowest BCUT2D eigenvalue weighted by atomic mass is 10.0. The summed E-state index contributed by atoms with van der Waals surface area (Å²) in [6.45, 7) is 5.81. The van der Waals surface area contributed by atoms with Gasteiger partial charge in [0.2, 0.25) is 0 Å². The predicted molar refractivity (Wildman–Crippen MR) is 95.5 cm³/mol. The molecule has 0 bridgehead atoms. The van der Waals surface area contributed by atoms with E-state index in [4.69, 9.17) is 15.2 Å². The van der Waals surface area contributed by atoms with Crippen LogP contribution in [0.2, 0.25) is 0 Å². The highest BCUT2D eigenvalue weighted by Crippen LogP contribution is 2.15. The molecule has 0 heterocycles. The summed E-state index contributed by atoms with van der Waals surface area (Å²) in [5, 5.41) is 0. The van der Waals surface area contributed by atoms with Gasteiger partial charge in [0.05, 0.1) is 6.61 Å². The smallest absolute Gasteiger partial charge is 0.253 e. The number of halogens is 1. The first kappa shape index (κ1) is 21.7. The molecular formula is C17H29ClN2O3. The molecule has 1 atom stereocenters. The van der Waals surface area contributed by atoms with Crippen molar-refractivity contribution in [3.63, 3.8) is 0 Å². The van der Waals surface area contributed by atoms with E-state index in [0.29, 0.717) is 37.0 Å². The zero-order valence-electron chi connectivity index (χ0n) is 14.5. The van der Waals surface area contributed by atoms with Crippen molar-refractivity contribution >= 4 is 18.3 Å². The molecule has 1 amide bonds. The van der Waals surface area contributed by atoms with E-state index in [2.05, 4.69) is 13.8 Å². The maximum absolute atomic E-state index is 12.4. The number of nitrogens with zero attached hydrogens (tertiary/aromatic N) is 1. The highest BCUT2D eigenvalue weighted by Gasteiger charge is 2.15. The SMILES string of the molecule is COCCOc1cccc(C(=O)N(C)CCC(N)C(C)C)c1.Cl. The molecule has 6 heteroatoms. The van der Waals surface area contributed by atoms with Crippen LogP contribution >= 0.6 is 12.4 Å². The molecule has 0 aromatic heterocycles. The second-order valence-electron chi connectivity index (χ2n) is 5.79. The Balaban J connectivity index is 0.00000484. The number of rotatable bonds is 9. The van der Waals surface area contributed by atoms with Gasteiger partial charge < -0.3 is 20.1 Å². The number of nitrogens with two attached hydrogens (primary N) is 1. The van der Waals surface area contributed by atoms with Gasteiger partial charge >= 0.3 is 0 Å². The third-order valence-electron chi connectivity index (χ3n) is 3.64. The standard InChI is InChI=1S/C17H28N2O3.ClH/c1-13(2)16(18)8-9-19(3)17(20)14-6-5-7-15(12-14)22-11-10-21-4;/h5-7,12-13,16H,8-11,18H2,1-4H3;1H. The number of hydrogen-bond acceptors (Lipinski definition) is 4. The highest BCUT2D eigenvalue weighted by atomic mass is 35.5. The summed E-state index contributed by atoms with van der Waals surface area (Å²) in [7, 11) is 3.42. The average molecular weight is 345 g/mol. The summed E-state index contributed by atoms with van der Waals surface area (Å²) in [5.41, 5.74) is 6.65. The van der Waals surface area contributed by atoms with Crippen molar-refractivity contribution in [2.75, 3.05) is 33.9 Å². The van der Waals surface area contributed by atoms with E-state index < -0.39 is 0 Å². The summed E-state index contributed by atoms with van der Waals surface area (Å²) in [5.74, 6) is 1.07. The molecule has 1 aromatic rings. The molecule has 0 aliphatic carbocycles. The van der Waals surface area contributed by atoms with Crippen molar-refractivity contribution in [3.05, 3.63) is 29.8 Å². The summed E-state index contributed by atoms with van der Waals surface area (Å²) < 4.78 is 10.5. The number of benzene rings is 1. The van der Waals surface area contributed by atoms with Gasteiger partial charge in [0.15, 0.2) is 0 Å². The van der Waals surface area contributed by atoms with Gasteiger partial charge in [0, 0.05) is 32.3 Å². The van der Waals surface area contributed by atoms with Crippen LogP contribution in [0.5, 0.6) is 5.75 Å². The molecule has 132 valence electrons. The second kappa shape index (κ2) is 11.3. The van der Waals surface area contributed by atoms with Crippen LogP contribution in [0.3, 0.4) is 0 Å². The normalized spacial score (nSPS) is 11.7. The first-order valence-corrected chi connectivity index (χ1v) is 7.68. The molecule has 0 aliphatic heterocycles. The van der Waals surface area contributed by atoms with Crippen LogP contribution < -0.4 is 10.5 Å². The first-order valence-electron chi connectivity index (χ1n) is 7.68. The van der Waals surface area contributed by atoms with E-state index in [9.17, 15) is 4.79 Å². The number of amides is 1. The number of ether oxygens (including phenoxy) is 2. The van der Waals surface area contributed by atoms with Gasteiger partial charge in [-0.25, -0.2) is 0 Å². The lowest BCUT2D eigenvalue weighted by Crippen LogP contribution is -2.34. The first-order chi connectivity index (χ1) is 10.5. The van der Waals surface area contributed by atoms with Crippen molar-refractivity contribution in [2.45, 2.75) is 26.3 Å². The number of carbonyl (C=O) groups is 1. The number of carbonyl (C=O) groups excluding carboxylic acids is 1. The molecule has 0 spiro atoms. The van der Waals surface area contributed by atoms with Crippen LogP contribution in [0.4, 0.5) is 0 Å². The quantitative estimate of drug-likeness (QED) is 0.699. The topological polar surface area (TPSA) is 64.8 Å². The van der Waals surface area contributed by atoms with Crippen LogP contribution in [0.15, 0.2) is 24.3 Å². The molecule has 0 saturated heterocycles. The minimum Gasteiger partial charge on any atom is -0.491 e. The van der Waals surface area contributed by atoms with E-state index in [0.717, 1.165) is 6.42 Å².